The summed E-state index contributed by atoms with van der Waals surface area (Å²) in [4.78, 5) is 9.04. The van der Waals surface area contributed by atoms with Crippen LogP contribution in [-0.4, -0.2) is 40.8 Å². The number of nitriles is 1. The molecule has 0 aliphatic rings. The molecule has 1 N–H and O–H groups in total. The van der Waals surface area contributed by atoms with E-state index in [2.05, 4.69) is 62.7 Å². The van der Waals surface area contributed by atoms with Gasteiger partial charge in [-0.1, -0.05) is 35.5 Å². The number of rotatable bonds is 7. The maximum Gasteiger partial charge on any atom is 0.164 e. The van der Waals surface area contributed by atoms with Crippen LogP contribution < -0.4 is 5.32 Å². The molecular formula is C25H23N9. The molecule has 0 saturated heterocycles. The Balaban J connectivity index is 1.46. The van der Waals surface area contributed by atoms with Crippen LogP contribution >= 0.6 is 0 Å². The van der Waals surface area contributed by atoms with E-state index in [4.69, 9.17) is 5.26 Å². The Morgan fingerprint density at radius 1 is 1.06 bits per heavy atom. The third-order valence-corrected chi connectivity index (χ3v) is 5.37. The molecule has 0 aliphatic heterocycles. The Bertz CT molecular complexity index is 1480. The lowest BCUT2D eigenvalue weighted by atomic mass is 10.1. The Labute approximate surface area is 196 Å². The van der Waals surface area contributed by atoms with Crippen molar-refractivity contribution in [2.75, 3.05) is 5.32 Å². The second-order valence-electron chi connectivity index (χ2n) is 8.29. The van der Waals surface area contributed by atoms with Crippen LogP contribution in [0.5, 0.6) is 0 Å². The molecule has 0 radical (unpaired) electrons. The predicted octanol–water partition coefficient (Wildman–Crippen LogP) is 4.01. The summed E-state index contributed by atoms with van der Waals surface area (Å²) < 4.78 is 3.52. The fourth-order valence-electron chi connectivity index (χ4n) is 3.76. The summed E-state index contributed by atoms with van der Waals surface area (Å²) in [5.41, 5.74) is 4.88. The van der Waals surface area contributed by atoms with Crippen LogP contribution in [0.15, 0.2) is 67.3 Å². The summed E-state index contributed by atoms with van der Waals surface area (Å²) in [5.74, 6) is 0.621. The standard InChI is InChI=1S/C25H23N9/c1-17(2)30-22-11-24(34-25-20(14-29-34)10-19(12-26)13-28-25)27-15-21(22)23-16-33(32-31-23)9-8-18-6-4-3-5-7-18/h3-7,10-11,13-17H,8-9H2,1-2H3,(H,27,30). The van der Waals surface area contributed by atoms with Crippen LogP contribution in [0.2, 0.25) is 0 Å². The van der Waals surface area contributed by atoms with E-state index in [0.29, 0.717) is 17.0 Å². The van der Waals surface area contributed by atoms with Crippen molar-refractivity contribution in [1.29, 1.82) is 5.26 Å². The van der Waals surface area contributed by atoms with Gasteiger partial charge in [0.2, 0.25) is 0 Å². The largest absolute Gasteiger partial charge is 0.382 e. The molecule has 0 bridgehead atoms. The average molecular weight is 450 g/mol. The Morgan fingerprint density at radius 2 is 1.91 bits per heavy atom. The summed E-state index contributed by atoms with van der Waals surface area (Å²) >= 11 is 0. The lowest BCUT2D eigenvalue weighted by molar-refractivity contribution is 0.589. The van der Waals surface area contributed by atoms with E-state index >= 15 is 0 Å². The molecule has 0 spiro atoms. The third-order valence-electron chi connectivity index (χ3n) is 5.37. The van der Waals surface area contributed by atoms with E-state index < -0.39 is 0 Å². The van der Waals surface area contributed by atoms with Gasteiger partial charge in [0.15, 0.2) is 11.5 Å². The van der Waals surface area contributed by atoms with Gasteiger partial charge in [-0.3, -0.25) is 4.68 Å². The zero-order valence-corrected chi connectivity index (χ0v) is 18.9. The first kappa shape index (κ1) is 21.3. The molecule has 9 heteroatoms. The van der Waals surface area contributed by atoms with Crippen molar-refractivity contribution < 1.29 is 0 Å². The minimum absolute atomic E-state index is 0.202. The SMILES string of the molecule is CC(C)Nc1cc(-n2ncc3cc(C#N)cnc32)ncc1-c1cn(CCc2ccccc2)nn1. The van der Waals surface area contributed by atoms with E-state index in [1.54, 1.807) is 23.1 Å². The Kier molecular flexibility index (Phi) is 5.70. The van der Waals surface area contributed by atoms with E-state index in [9.17, 15) is 0 Å². The normalized spacial score (nSPS) is 11.1. The molecule has 1 aromatic carbocycles. The van der Waals surface area contributed by atoms with Crippen molar-refractivity contribution in [2.45, 2.75) is 32.9 Å². The summed E-state index contributed by atoms with van der Waals surface area (Å²) in [6, 6.07) is 16.3. The van der Waals surface area contributed by atoms with E-state index in [1.165, 1.54) is 11.8 Å². The van der Waals surface area contributed by atoms with E-state index in [0.717, 1.165) is 35.3 Å². The van der Waals surface area contributed by atoms with Crippen LogP contribution in [0.25, 0.3) is 28.1 Å². The van der Waals surface area contributed by atoms with Crippen molar-refractivity contribution in [1.82, 2.24) is 34.7 Å². The Hall–Kier alpha value is -4.58. The van der Waals surface area contributed by atoms with Crippen molar-refractivity contribution in [2.24, 2.45) is 0 Å². The minimum atomic E-state index is 0.202. The number of nitrogens with zero attached hydrogens (tertiary/aromatic N) is 8. The fourth-order valence-corrected chi connectivity index (χ4v) is 3.76. The van der Waals surface area contributed by atoms with Gasteiger partial charge in [0, 0.05) is 47.7 Å². The number of benzene rings is 1. The van der Waals surface area contributed by atoms with Gasteiger partial charge in [0.05, 0.1) is 18.0 Å². The van der Waals surface area contributed by atoms with Crippen LogP contribution in [0.3, 0.4) is 0 Å². The van der Waals surface area contributed by atoms with Crippen molar-refractivity contribution >= 4 is 16.7 Å². The monoisotopic (exact) mass is 449 g/mol. The molecule has 0 amide bonds. The summed E-state index contributed by atoms with van der Waals surface area (Å²) in [5, 5.41) is 26.5. The minimum Gasteiger partial charge on any atom is -0.382 e. The van der Waals surface area contributed by atoms with Gasteiger partial charge in [-0.2, -0.15) is 15.0 Å². The quantitative estimate of drug-likeness (QED) is 0.400. The number of anilines is 1. The second-order valence-corrected chi connectivity index (χ2v) is 8.29. The van der Waals surface area contributed by atoms with E-state index in [1.807, 2.05) is 35.1 Å². The summed E-state index contributed by atoms with van der Waals surface area (Å²) in [7, 11) is 0. The van der Waals surface area contributed by atoms with Crippen molar-refractivity contribution in [3.05, 3.63) is 78.4 Å². The summed E-state index contributed by atoms with van der Waals surface area (Å²) in [6.45, 7) is 4.90. The number of hydrogen-bond donors (Lipinski definition) is 1. The van der Waals surface area contributed by atoms with Crippen LogP contribution in [0, 0.1) is 11.3 Å². The Morgan fingerprint density at radius 3 is 2.71 bits per heavy atom. The van der Waals surface area contributed by atoms with Gasteiger partial charge in [-0.15, -0.1) is 5.10 Å². The molecule has 0 unspecified atom stereocenters. The highest BCUT2D eigenvalue weighted by Crippen LogP contribution is 2.29. The highest BCUT2D eigenvalue weighted by Gasteiger charge is 2.15. The zero-order valence-electron chi connectivity index (χ0n) is 18.9. The first-order chi connectivity index (χ1) is 16.6. The number of aryl methyl sites for hydroxylation is 2. The van der Waals surface area contributed by atoms with Crippen LogP contribution in [0.4, 0.5) is 5.69 Å². The number of aromatic nitrogens is 7. The van der Waals surface area contributed by atoms with Gasteiger partial charge in [0.25, 0.3) is 0 Å². The third kappa shape index (κ3) is 4.34. The van der Waals surface area contributed by atoms with Gasteiger partial charge in [-0.25, -0.2) is 9.97 Å². The number of fused-ring (bicyclic) bond motifs is 1. The van der Waals surface area contributed by atoms with Crippen molar-refractivity contribution in [3.8, 4) is 23.1 Å². The maximum absolute atomic E-state index is 9.12. The van der Waals surface area contributed by atoms with E-state index in [-0.39, 0.29) is 6.04 Å². The molecule has 34 heavy (non-hydrogen) atoms. The predicted molar refractivity (Wildman–Crippen MR) is 129 cm³/mol. The number of nitrogens with one attached hydrogen (secondary N) is 1. The highest BCUT2D eigenvalue weighted by atomic mass is 15.4. The lowest BCUT2D eigenvalue weighted by Gasteiger charge is -2.14. The molecular weight excluding hydrogens is 426 g/mol. The molecule has 5 rings (SSSR count). The topological polar surface area (TPSA) is 110 Å². The molecule has 0 aliphatic carbocycles. The number of hydrogen-bond acceptors (Lipinski definition) is 7. The number of pyridine rings is 2. The average Bonchev–Trinajstić information content (AvgIpc) is 3.50. The van der Waals surface area contributed by atoms with Gasteiger partial charge in [-0.05, 0) is 31.9 Å². The molecule has 0 atom stereocenters. The molecule has 0 saturated carbocycles. The lowest BCUT2D eigenvalue weighted by Crippen LogP contribution is -2.12. The second kappa shape index (κ2) is 9.11. The molecule has 5 aromatic rings. The molecule has 0 fully saturated rings. The van der Waals surface area contributed by atoms with Crippen LogP contribution in [-0.2, 0) is 13.0 Å². The molecule has 9 nitrogen and oxygen atoms in total. The first-order valence-corrected chi connectivity index (χ1v) is 11.1. The summed E-state index contributed by atoms with van der Waals surface area (Å²) in [6.07, 6.45) is 7.83. The van der Waals surface area contributed by atoms with Gasteiger partial charge >= 0.3 is 0 Å². The molecule has 4 aromatic heterocycles. The molecule has 168 valence electrons. The highest BCUT2D eigenvalue weighted by molar-refractivity contribution is 5.79. The zero-order chi connectivity index (χ0) is 23.5. The van der Waals surface area contributed by atoms with Crippen molar-refractivity contribution in [3.63, 3.8) is 0 Å². The molecule has 4 heterocycles. The first-order valence-electron chi connectivity index (χ1n) is 11.1. The van der Waals surface area contributed by atoms with Crippen LogP contribution in [0.1, 0.15) is 25.0 Å². The maximum atomic E-state index is 9.12. The smallest absolute Gasteiger partial charge is 0.164 e. The van der Waals surface area contributed by atoms with Gasteiger partial charge < -0.3 is 5.32 Å². The fraction of sp³-hybridized carbons (Fsp3) is 0.200. The van der Waals surface area contributed by atoms with Gasteiger partial charge in [0.1, 0.15) is 11.8 Å².